The molecule has 1 N–H and O–H groups in total. The number of rotatable bonds is 5. The van der Waals surface area contributed by atoms with E-state index in [4.69, 9.17) is 0 Å². The van der Waals surface area contributed by atoms with Gasteiger partial charge >= 0.3 is 0 Å². The Kier molecular flexibility index (Phi) is 4.72. The lowest BCUT2D eigenvalue weighted by atomic mass is 10.3. The fourth-order valence-corrected chi connectivity index (χ4v) is 4.01. The predicted molar refractivity (Wildman–Crippen MR) is 77.3 cm³/mol. The van der Waals surface area contributed by atoms with Crippen LogP contribution in [0.3, 0.4) is 0 Å². The van der Waals surface area contributed by atoms with E-state index in [0.717, 1.165) is 20.8 Å². The predicted octanol–water partition coefficient (Wildman–Crippen LogP) is 3.17. The van der Waals surface area contributed by atoms with Gasteiger partial charge in [-0.05, 0) is 58.7 Å². The fraction of sp³-hybridized carbons (Fsp3) is 0.167. The molecule has 0 bridgehead atoms. The molecule has 0 radical (unpaired) electrons. The zero-order valence-corrected chi connectivity index (χ0v) is 13.0. The summed E-state index contributed by atoms with van der Waals surface area (Å²) in [4.78, 5) is 1.16. The first kappa shape index (κ1) is 14.6. The van der Waals surface area contributed by atoms with Gasteiger partial charge in [0.1, 0.15) is 5.82 Å². The molecule has 0 atom stereocenters. The van der Waals surface area contributed by atoms with Gasteiger partial charge in [-0.1, -0.05) is 0 Å². The normalized spacial score (nSPS) is 11.7. The minimum atomic E-state index is -3.56. The Balaban J connectivity index is 1.96. The van der Waals surface area contributed by atoms with Crippen LogP contribution in [-0.2, 0) is 16.4 Å². The van der Waals surface area contributed by atoms with Crippen molar-refractivity contribution < 1.29 is 12.8 Å². The number of halogens is 2. The van der Waals surface area contributed by atoms with Crippen LogP contribution in [-0.4, -0.2) is 15.0 Å². The first-order valence-electron chi connectivity index (χ1n) is 5.47. The molecule has 0 saturated heterocycles. The van der Waals surface area contributed by atoms with E-state index >= 15 is 0 Å². The Labute approximate surface area is 123 Å². The van der Waals surface area contributed by atoms with Gasteiger partial charge < -0.3 is 0 Å². The lowest BCUT2D eigenvalue weighted by Crippen LogP contribution is -2.25. The first-order valence-corrected chi connectivity index (χ1v) is 8.56. The van der Waals surface area contributed by atoms with Crippen LogP contribution in [0.15, 0.2) is 45.1 Å². The summed E-state index contributed by atoms with van der Waals surface area (Å²) < 4.78 is 40.0. The zero-order valence-electron chi connectivity index (χ0n) is 9.77. The summed E-state index contributed by atoms with van der Waals surface area (Å²) in [5.41, 5.74) is 0. The van der Waals surface area contributed by atoms with E-state index in [0.29, 0.717) is 13.0 Å². The average Bonchev–Trinajstić information content (AvgIpc) is 2.75. The number of nitrogens with one attached hydrogen (secondary N) is 1. The zero-order chi connectivity index (χ0) is 13.9. The summed E-state index contributed by atoms with van der Waals surface area (Å²) in [6, 6.07) is 8.63. The third-order valence-electron chi connectivity index (χ3n) is 2.42. The molecule has 0 aliphatic carbocycles. The smallest absolute Gasteiger partial charge is 0.211 e. The molecule has 0 fully saturated rings. The molecule has 102 valence electrons. The lowest BCUT2D eigenvalue weighted by Gasteiger charge is -2.05. The van der Waals surface area contributed by atoms with Crippen LogP contribution in [0.4, 0.5) is 4.39 Å². The average molecular weight is 364 g/mol. The maximum absolute atomic E-state index is 12.7. The second kappa shape index (κ2) is 6.13. The van der Waals surface area contributed by atoms with Crippen LogP contribution in [0.25, 0.3) is 0 Å². The van der Waals surface area contributed by atoms with Gasteiger partial charge in [0.2, 0.25) is 10.0 Å². The highest BCUT2D eigenvalue weighted by molar-refractivity contribution is 9.11. The van der Waals surface area contributed by atoms with E-state index in [2.05, 4.69) is 20.7 Å². The molecule has 19 heavy (non-hydrogen) atoms. The molecule has 1 heterocycles. The maximum atomic E-state index is 12.7. The van der Waals surface area contributed by atoms with Gasteiger partial charge in [-0.3, -0.25) is 0 Å². The highest BCUT2D eigenvalue weighted by Crippen LogP contribution is 2.22. The van der Waals surface area contributed by atoms with Gasteiger partial charge in [0, 0.05) is 11.4 Å². The third kappa shape index (κ3) is 4.10. The number of thiophene rings is 1. The summed E-state index contributed by atoms with van der Waals surface area (Å²) >= 11 is 4.92. The Bertz CT molecular complexity index is 653. The second-order valence-electron chi connectivity index (χ2n) is 3.81. The monoisotopic (exact) mass is 363 g/mol. The van der Waals surface area contributed by atoms with E-state index < -0.39 is 15.8 Å². The van der Waals surface area contributed by atoms with Crippen LogP contribution in [0.2, 0.25) is 0 Å². The van der Waals surface area contributed by atoms with Gasteiger partial charge in [0.15, 0.2) is 0 Å². The van der Waals surface area contributed by atoms with Crippen molar-refractivity contribution in [3.05, 3.63) is 50.9 Å². The van der Waals surface area contributed by atoms with Crippen molar-refractivity contribution in [2.75, 3.05) is 6.54 Å². The van der Waals surface area contributed by atoms with Crippen LogP contribution < -0.4 is 4.72 Å². The quantitative estimate of drug-likeness (QED) is 0.886. The van der Waals surface area contributed by atoms with Gasteiger partial charge in [-0.2, -0.15) is 0 Å². The standard InChI is InChI=1S/C12H11BrFNO2S2/c13-12-6-3-10(18-12)7-8-15-19(16,17)11-4-1-9(14)2-5-11/h1-6,15H,7-8H2. The van der Waals surface area contributed by atoms with Crippen molar-refractivity contribution in [3.8, 4) is 0 Å². The molecule has 2 aromatic rings. The molecule has 1 aromatic heterocycles. The Morgan fingerprint density at radius 3 is 2.42 bits per heavy atom. The van der Waals surface area contributed by atoms with Gasteiger partial charge in [-0.25, -0.2) is 17.5 Å². The molecule has 2 rings (SSSR count). The summed E-state index contributed by atoms with van der Waals surface area (Å²) in [7, 11) is -3.56. The summed E-state index contributed by atoms with van der Waals surface area (Å²) in [5, 5.41) is 0. The van der Waals surface area contributed by atoms with Gasteiger partial charge in [-0.15, -0.1) is 11.3 Å². The number of hydrogen-bond donors (Lipinski definition) is 1. The Hall–Kier alpha value is -0.760. The number of sulfonamides is 1. The van der Waals surface area contributed by atoms with E-state index in [1.807, 2.05) is 12.1 Å². The molecule has 1 aromatic carbocycles. The SMILES string of the molecule is O=S(=O)(NCCc1ccc(Br)s1)c1ccc(F)cc1. The van der Waals surface area contributed by atoms with Crippen LogP contribution in [0, 0.1) is 5.82 Å². The Morgan fingerprint density at radius 1 is 1.16 bits per heavy atom. The minimum absolute atomic E-state index is 0.0706. The minimum Gasteiger partial charge on any atom is -0.211 e. The molecular weight excluding hydrogens is 353 g/mol. The van der Waals surface area contributed by atoms with E-state index in [1.54, 1.807) is 11.3 Å². The molecule has 0 saturated carbocycles. The van der Waals surface area contributed by atoms with Crippen LogP contribution in [0.1, 0.15) is 4.88 Å². The molecular formula is C12H11BrFNO2S2. The summed E-state index contributed by atoms with van der Waals surface area (Å²) in [6.07, 6.45) is 0.622. The molecule has 7 heteroatoms. The Morgan fingerprint density at radius 2 is 1.84 bits per heavy atom. The molecule has 0 unspecified atom stereocenters. The summed E-state index contributed by atoms with van der Waals surface area (Å²) in [6.45, 7) is 0.312. The highest BCUT2D eigenvalue weighted by atomic mass is 79.9. The first-order chi connectivity index (χ1) is 8.97. The van der Waals surface area contributed by atoms with Crippen LogP contribution >= 0.6 is 27.3 Å². The number of benzene rings is 1. The van der Waals surface area contributed by atoms with E-state index in [1.165, 1.54) is 12.1 Å². The molecule has 0 aliphatic rings. The van der Waals surface area contributed by atoms with Crippen molar-refractivity contribution in [1.82, 2.24) is 4.72 Å². The second-order valence-corrected chi connectivity index (χ2v) is 8.12. The van der Waals surface area contributed by atoms with E-state index in [9.17, 15) is 12.8 Å². The lowest BCUT2D eigenvalue weighted by molar-refractivity contribution is 0.581. The van der Waals surface area contributed by atoms with Gasteiger partial charge in [0.25, 0.3) is 0 Å². The maximum Gasteiger partial charge on any atom is 0.240 e. The van der Waals surface area contributed by atoms with E-state index in [-0.39, 0.29) is 4.90 Å². The van der Waals surface area contributed by atoms with Crippen molar-refractivity contribution in [3.63, 3.8) is 0 Å². The van der Waals surface area contributed by atoms with Gasteiger partial charge in [0.05, 0.1) is 8.68 Å². The highest BCUT2D eigenvalue weighted by Gasteiger charge is 2.13. The van der Waals surface area contributed by atoms with Crippen molar-refractivity contribution in [2.45, 2.75) is 11.3 Å². The molecule has 0 aliphatic heterocycles. The molecule has 0 spiro atoms. The van der Waals surface area contributed by atoms with Crippen molar-refractivity contribution in [1.29, 1.82) is 0 Å². The van der Waals surface area contributed by atoms with Crippen molar-refractivity contribution in [2.24, 2.45) is 0 Å². The van der Waals surface area contributed by atoms with Crippen molar-refractivity contribution >= 4 is 37.3 Å². The fourth-order valence-electron chi connectivity index (χ4n) is 1.49. The molecule has 3 nitrogen and oxygen atoms in total. The largest absolute Gasteiger partial charge is 0.240 e. The topological polar surface area (TPSA) is 46.2 Å². The summed E-state index contributed by atoms with van der Waals surface area (Å²) in [5.74, 6) is -0.456. The molecule has 0 amide bonds. The number of hydrogen-bond acceptors (Lipinski definition) is 3. The third-order valence-corrected chi connectivity index (χ3v) is 5.58. The van der Waals surface area contributed by atoms with Crippen LogP contribution in [0.5, 0.6) is 0 Å².